The van der Waals surface area contributed by atoms with Gasteiger partial charge in [0.15, 0.2) is 0 Å². The number of hydrogen-bond donors (Lipinski definition) is 2. The molecule has 6 heteroatoms. The van der Waals surface area contributed by atoms with E-state index in [0.29, 0.717) is 18.1 Å². The molecule has 2 heterocycles. The summed E-state index contributed by atoms with van der Waals surface area (Å²) in [5.41, 5.74) is 0.706. The van der Waals surface area contributed by atoms with Gasteiger partial charge < -0.3 is 15.1 Å². The Labute approximate surface area is 109 Å². The second-order valence-corrected chi connectivity index (χ2v) is 5.05. The molecule has 0 aliphatic carbocycles. The lowest BCUT2D eigenvalue weighted by molar-refractivity contribution is 0.238. The van der Waals surface area contributed by atoms with Crippen LogP contribution in [0.4, 0.5) is 4.79 Å². The van der Waals surface area contributed by atoms with Crippen molar-refractivity contribution in [1.29, 1.82) is 0 Å². The standard InChI is InChI=1S/C12H15N3O2S/c1-8(2)14-12(16)13-6-9-7-17-11(15-9)10-4-3-5-18-10/h3-5,7-8H,6H2,1-2H3,(H2,13,14,16). The minimum absolute atomic E-state index is 0.115. The molecule has 0 unspecified atom stereocenters. The fraction of sp³-hybridized carbons (Fsp3) is 0.333. The van der Waals surface area contributed by atoms with Crippen LogP contribution in [0.25, 0.3) is 10.8 Å². The number of hydrogen-bond acceptors (Lipinski definition) is 4. The van der Waals surface area contributed by atoms with Crippen molar-refractivity contribution in [3.05, 3.63) is 29.5 Å². The molecule has 2 amide bonds. The fourth-order valence-corrected chi connectivity index (χ4v) is 2.04. The summed E-state index contributed by atoms with van der Waals surface area (Å²) in [6.45, 7) is 4.17. The number of carbonyl (C=O) groups is 1. The van der Waals surface area contributed by atoms with Crippen molar-refractivity contribution in [1.82, 2.24) is 15.6 Å². The Morgan fingerprint density at radius 2 is 2.39 bits per heavy atom. The average Bonchev–Trinajstić information content (AvgIpc) is 2.96. The largest absolute Gasteiger partial charge is 0.443 e. The topological polar surface area (TPSA) is 67.2 Å². The predicted octanol–water partition coefficient (Wildman–Crippen LogP) is 2.61. The van der Waals surface area contributed by atoms with Crippen molar-refractivity contribution in [3.8, 4) is 10.8 Å². The Morgan fingerprint density at radius 3 is 3.06 bits per heavy atom. The lowest BCUT2D eigenvalue weighted by Gasteiger charge is -2.08. The quantitative estimate of drug-likeness (QED) is 0.893. The van der Waals surface area contributed by atoms with E-state index in [1.807, 2.05) is 31.4 Å². The second-order valence-electron chi connectivity index (χ2n) is 4.10. The summed E-state index contributed by atoms with van der Waals surface area (Å²) in [6.07, 6.45) is 1.56. The molecule has 0 aliphatic heterocycles. The van der Waals surface area contributed by atoms with Crippen LogP contribution < -0.4 is 10.6 Å². The van der Waals surface area contributed by atoms with E-state index in [2.05, 4.69) is 15.6 Å². The van der Waals surface area contributed by atoms with Crippen LogP contribution in [0.3, 0.4) is 0 Å². The van der Waals surface area contributed by atoms with Gasteiger partial charge in [-0.25, -0.2) is 9.78 Å². The molecule has 96 valence electrons. The highest BCUT2D eigenvalue weighted by atomic mass is 32.1. The van der Waals surface area contributed by atoms with Gasteiger partial charge in [-0.15, -0.1) is 11.3 Å². The molecular formula is C12H15N3O2S. The summed E-state index contributed by atoms with van der Waals surface area (Å²) in [4.78, 5) is 16.7. The summed E-state index contributed by atoms with van der Waals surface area (Å²) in [5.74, 6) is 0.589. The summed E-state index contributed by atoms with van der Waals surface area (Å²) in [5, 5.41) is 7.43. The van der Waals surface area contributed by atoms with Gasteiger partial charge in [0.25, 0.3) is 0 Å². The van der Waals surface area contributed by atoms with Crippen molar-refractivity contribution < 1.29 is 9.21 Å². The van der Waals surface area contributed by atoms with Crippen LogP contribution >= 0.6 is 11.3 Å². The lowest BCUT2D eigenvalue weighted by atomic mass is 10.4. The number of nitrogens with zero attached hydrogens (tertiary/aromatic N) is 1. The number of amides is 2. The zero-order valence-electron chi connectivity index (χ0n) is 10.3. The van der Waals surface area contributed by atoms with Crippen LogP contribution in [0, 0.1) is 0 Å². The van der Waals surface area contributed by atoms with Gasteiger partial charge in [0.2, 0.25) is 5.89 Å². The van der Waals surface area contributed by atoms with E-state index >= 15 is 0 Å². The Bertz CT molecular complexity index is 505. The molecule has 2 rings (SSSR count). The Morgan fingerprint density at radius 1 is 1.56 bits per heavy atom. The van der Waals surface area contributed by atoms with Crippen LogP contribution in [-0.4, -0.2) is 17.1 Å². The number of urea groups is 1. The third-order valence-corrected chi connectivity index (χ3v) is 2.99. The van der Waals surface area contributed by atoms with Crippen LogP contribution in [-0.2, 0) is 6.54 Å². The molecule has 2 N–H and O–H groups in total. The highest BCUT2D eigenvalue weighted by Crippen LogP contribution is 2.23. The van der Waals surface area contributed by atoms with Gasteiger partial charge in [-0.2, -0.15) is 0 Å². The van der Waals surface area contributed by atoms with Crippen LogP contribution in [0.2, 0.25) is 0 Å². The summed E-state index contributed by atoms with van der Waals surface area (Å²) in [6, 6.07) is 3.80. The minimum atomic E-state index is -0.203. The monoisotopic (exact) mass is 265 g/mol. The van der Waals surface area contributed by atoms with E-state index in [4.69, 9.17) is 4.42 Å². The molecule has 0 saturated heterocycles. The molecule has 0 spiro atoms. The molecular weight excluding hydrogens is 250 g/mol. The van der Waals surface area contributed by atoms with Gasteiger partial charge in [-0.3, -0.25) is 0 Å². The van der Waals surface area contributed by atoms with Crippen molar-refractivity contribution in [3.63, 3.8) is 0 Å². The highest BCUT2D eigenvalue weighted by molar-refractivity contribution is 7.13. The smallest absolute Gasteiger partial charge is 0.315 e. The zero-order valence-corrected chi connectivity index (χ0v) is 11.1. The maximum Gasteiger partial charge on any atom is 0.315 e. The molecule has 2 aromatic rings. The molecule has 5 nitrogen and oxygen atoms in total. The van der Waals surface area contributed by atoms with E-state index in [9.17, 15) is 4.79 Å². The van der Waals surface area contributed by atoms with Crippen LogP contribution in [0.1, 0.15) is 19.5 Å². The van der Waals surface area contributed by atoms with E-state index in [-0.39, 0.29) is 12.1 Å². The SMILES string of the molecule is CC(C)NC(=O)NCc1coc(-c2cccs2)n1. The van der Waals surface area contributed by atoms with E-state index in [1.54, 1.807) is 17.6 Å². The van der Waals surface area contributed by atoms with Crippen LogP contribution in [0.5, 0.6) is 0 Å². The van der Waals surface area contributed by atoms with Crippen molar-refractivity contribution in [2.75, 3.05) is 0 Å². The van der Waals surface area contributed by atoms with E-state index < -0.39 is 0 Å². The minimum Gasteiger partial charge on any atom is -0.443 e. The second kappa shape index (κ2) is 5.68. The Hall–Kier alpha value is -1.82. The number of carbonyl (C=O) groups excluding carboxylic acids is 1. The van der Waals surface area contributed by atoms with Gasteiger partial charge in [-0.05, 0) is 25.3 Å². The van der Waals surface area contributed by atoms with Gasteiger partial charge >= 0.3 is 6.03 Å². The van der Waals surface area contributed by atoms with Crippen molar-refractivity contribution in [2.45, 2.75) is 26.4 Å². The van der Waals surface area contributed by atoms with Gasteiger partial charge in [0, 0.05) is 6.04 Å². The maximum absolute atomic E-state index is 11.4. The number of nitrogens with one attached hydrogen (secondary N) is 2. The lowest BCUT2D eigenvalue weighted by Crippen LogP contribution is -2.39. The molecule has 0 atom stereocenters. The van der Waals surface area contributed by atoms with E-state index in [0.717, 1.165) is 4.88 Å². The number of oxazole rings is 1. The highest BCUT2D eigenvalue weighted by Gasteiger charge is 2.08. The molecule has 0 aliphatic rings. The van der Waals surface area contributed by atoms with Gasteiger partial charge in [0.1, 0.15) is 6.26 Å². The molecule has 0 fully saturated rings. The number of aromatic nitrogens is 1. The third-order valence-electron chi connectivity index (χ3n) is 2.13. The summed E-state index contributed by atoms with van der Waals surface area (Å²) >= 11 is 1.57. The first-order valence-electron chi connectivity index (χ1n) is 5.68. The maximum atomic E-state index is 11.4. The van der Waals surface area contributed by atoms with Crippen LogP contribution in [0.15, 0.2) is 28.2 Å². The molecule has 0 saturated carbocycles. The number of thiophene rings is 1. The molecule has 18 heavy (non-hydrogen) atoms. The first kappa shape index (κ1) is 12.6. The first-order chi connectivity index (χ1) is 8.65. The van der Waals surface area contributed by atoms with Crippen molar-refractivity contribution in [2.24, 2.45) is 0 Å². The van der Waals surface area contributed by atoms with E-state index in [1.165, 1.54) is 0 Å². The van der Waals surface area contributed by atoms with Crippen molar-refractivity contribution >= 4 is 17.4 Å². The number of rotatable bonds is 4. The average molecular weight is 265 g/mol. The Kier molecular flexibility index (Phi) is 3.99. The van der Waals surface area contributed by atoms with Gasteiger partial charge in [-0.1, -0.05) is 6.07 Å². The molecule has 2 aromatic heterocycles. The molecule has 0 radical (unpaired) electrons. The third kappa shape index (κ3) is 3.33. The fourth-order valence-electron chi connectivity index (χ4n) is 1.39. The molecule has 0 bridgehead atoms. The summed E-state index contributed by atoms with van der Waals surface area (Å²) < 4.78 is 5.35. The zero-order chi connectivity index (χ0) is 13.0. The summed E-state index contributed by atoms with van der Waals surface area (Å²) in [7, 11) is 0. The Balaban J connectivity index is 1.89. The normalized spacial score (nSPS) is 10.6. The molecule has 0 aromatic carbocycles. The predicted molar refractivity (Wildman–Crippen MR) is 70.3 cm³/mol. The van der Waals surface area contributed by atoms with Gasteiger partial charge in [0.05, 0.1) is 17.1 Å². The first-order valence-corrected chi connectivity index (χ1v) is 6.56.